The lowest BCUT2D eigenvalue weighted by molar-refractivity contribution is 0.329. The highest BCUT2D eigenvalue weighted by molar-refractivity contribution is 9.09. The molecule has 0 aliphatic heterocycles. The number of ether oxygens (including phenoxy) is 1. The first-order chi connectivity index (χ1) is 8.28. The lowest BCUT2D eigenvalue weighted by Gasteiger charge is -2.27. The van der Waals surface area contributed by atoms with Gasteiger partial charge in [-0.3, -0.25) is 0 Å². The summed E-state index contributed by atoms with van der Waals surface area (Å²) in [5.41, 5.74) is 1.41. The molecule has 3 rings (SSSR count). The lowest BCUT2D eigenvalue weighted by atomic mass is 9.84. The number of halogens is 1. The Morgan fingerprint density at radius 3 is 2.47 bits per heavy atom. The summed E-state index contributed by atoms with van der Waals surface area (Å²) in [6.07, 6.45) is 5.83. The maximum Gasteiger partial charge on any atom is 0.118 e. The van der Waals surface area contributed by atoms with Crippen LogP contribution in [0.2, 0.25) is 0 Å². The number of benzene rings is 1. The average molecular weight is 295 g/mol. The summed E-state index contributed by atoms with van der Waals surface area (Å²) in [7, 11) is 1.72. The molecular formula is C15H19BrO. The van der Waals surface area contributed by atoms with Crippen molar-refractivity contribution in [1.29, 1.82) is 0 Å². The Hall–Kier alpha value is -0.500. The molecule has 2 heteroatoms. The minimum Gasteiger partial charge on any atom is -0.497 e. The highest BCUT2D eigenvalue weighted by atomic mass is 79.9. The van der Waals surface area contributed by atoms with E-state index in [4.69, 9.17) is 4.74 Å². The summed E-state index contributed by atoms with van der Waals surface area (Å²) in [5.74, 6) is 3.78. The first-order valence-corrected chi connectivity index (χ1v) is 7.47. The largest absolute Gasteiger partial charge is 0.497 e. The average Bonchev–Trinajstić information content (AvgIpc) is 3.00. The highest BCUT2D eigenvalue weighted by Gasteiger charge is 2.42. The molecule has 0 heterocycles. The summed E-state index contributed by atoms with van der Waals surface area (Å²) >= 11 is 3.92. The van der Waals surface area contributed by atoms with Gasteiger partial charge in [-0.05, 0) is 54.7 Å². The van der Waals surface area contributed by atoms with Gasteiger partial charge in [-0.25, -0.2) is 0 Å². The van der Waals surface area contributed by atoms with E-state index in [1.807, 2.05) is 0 Å². The van der Waals surface area contributed by atoms with E-state index < -0.39 is 0 Å². The standard InChI is InChI=1S/C15H19BrO/c1-17-13-6-4-11(5-7-13)15(16)14-9-10-2-3-12(14)8-10/h4-7,10,12,14-15H,2-3,8-9H2,1H3. The maximum atomic E-state index is 5.21. The number of alkyl halides is 1. The SMILES string of the molecule is COc1ccc(C(Br)C2CC3CCC2C3)cc1. The second-order valence-corrected chi connectivity index (χ2v) is 6.50. The van der Waals surface area contributed by atoms with Crippen LogP contribution in [0.4, 0.5) is 0 Å². The zero-order chi connectivity index (χ0) is 11.8. The third-order valence-corrected chi connectivity index (χ3v) is 5.81. The monoisotopic (exact) mass is 294 g/mol. The summed E-state index contributed by atoms with van der Waals surface area (Å²) in [6, 6.07) is 8.53. The van der Waals surface area contributed by atoms with Gasteiger partial charge in [0.15, 0.2) is 0 Å². The van der Waals surface area contributed by atoms with Crippen molar-refractivity contribution >= 4 is 15.9 Å². The van der Waals surface area contributed by atoms with Gasteiger partial charge in [0, 0.05) is 4.83 Å². The molecule has 17 heavy (non-hydrogen) atoms. The normalized spacial score (nSPS) is 32.7. The minimum atomic E-state index is 0.531. The zero-order valence-electron chi connectivity index (χ0n) is 10.2. The Morgan fingerprint density at radius 2 is 1.94 bits per heavy atom. The van der Waals surface area contributed by atoms with E-state index in [1.165, 1.54) is 31.2 Å². The lowest BCUT2D eigenvalue weighted by Crippen LogP contribution is -2.15. The van der Waals surface area contributed by atoms with Crippen LogP contribution in [0.15, 0.2) is 24.3 Å². The first kappa shape index (κ1) is 11.6. The van der Waals surface area contributed by atoms with Crippen LogP contribution in [0.3, 0.4) is 0 Å². The van der Waals surface area contributed by atoms with Crippen LogP contribution >= 0.6 is 15.9 Å². The van der Waals surface area contributed by atoms with E-state index >= 15 is 0 Å². The molecule has 92 valence electrons. The minimum absolute atomic E-state index is 0.531. The number of methoxy groups -OCH3 is 1. The number of hydrogen-bond acceptors (Lipinski definition) is 1. The van der Waals surface area contributed by atoms with Gasteiger partial charge in [0.25, 0.3) is 0 Å². The van der Waals surface area contributed by atoms with Gasteiger partial charge in [-0.1, -0.05) is 34.5 Å². The van der Waals surface area contributed by atoms with Crippen LogP contribution in [0.5, 0.6) is 5.75 Å². The molecule has 0 radical (unpaired) electrons. The first-order valence-electron chi connectivity index (χ1n) is 6.56. The topological polar surface area (TPSA) is 9.23 Å². The van der Waals surface area contributed by atoms with Crippen LogP contribution < -0.4 is 4.74 Å². The van der Waals surface area contributed by atoms with Crippen molar-refractivity contribution in [3.63, 3.8) is 0 Å². The molecule has 4 atom stereocenters. The molecule has 1 aromatic carbocycles. The van der Waals surface area contributed by atoms with E-state index in [9.17, 15) is 0 Å². The van der Waals surface area contributed by atoms with Gasteiger partial charge in [-0.15, -0.1) is 0 Å². The van der Waals surface area contributed by atoms with Crippen LogP contribution in [-0.4, -0.2) is 7.11 Å². The summed E-state index contributed by atoms with van der Waals surface area (Å²) < 4.78 is 5.21. The Kier molecular flexibility index (Phi) is 3.16. The van der Waals surface area contributed by atoms with Crippen molar-refractivity contribution in [2.45, 2.75) is 30.5 Å². The van der Waals surface area contributed by atoms with Gasteiger partial charge >= 0.3 is 0 Å². The predicted molar refractivity (Wildman–Crippen MR) is 73.6 cm³/mol. The smallest absolute Gasteiger partial charge is 0.118 e. The molecule has 2 bridgehead atoms. The fourth-order valence-corrected chi connectivity index (χ4v) is 4.64. The Labute approximate surface area is 112 Å². The molecule has 0 aromatic heterocycles. The van der Waals surface area contributed by atoms with Crippen LogP contribution in [0.25, 0.3) is 0 Å². The van der Waals surface area contributed by atoms with Crippen molar-refractivity contribution in [3.05, 3.63) is 29.8 Å². The van der Waals surface area contributed by atoms with Gasteiger partial charge in [-0.2, -0.15) is 0 Å². The Bertz CT molecular complexity index is 386. The van der Waals surface area contributed by atoms with Crippen molar-refractivity contribution in [1.82, 2.24) is 0 Å². The summed E-state index contributed by atoms with van der Waals surface area (Å²) in [6.45, 7) is 0. The maximum absolute atomic E-state index is 5.21. The quantitative estimate of drug-likeness (QED) is 0.742. The molecule has 0 N–H and O–H groups in total. The van der Waals surface area contributed by atoms with Crippen molar-refractivity contribution in [2.24, 2.45) is 17.8 Å². The molecular weight excluding hydrogens is 276 g/mol. The second kappa shape index (κ2) is 4.64. The third kappa shape index (κ3) is 2.12. The summed E-state index contributed by atoms with van der Waals surface area (Å²) in [4.78, 5) is 0.531. The molecule has 1 aromatic rings. The van der Waals surface area contributed by atoms with Gasteiger partial charge < -0.3 is 4.74 Å². The molecule has 0 saturated heterocycles. The van der Waals surface area contributed by atoms with E-state index in [-0.39, 0.29) is 0 Å². The number of hydrogen-bond donors (Lipinski definition) is 0. The Balaban J connectivity index is 1.74. The van der Waals surface area contributed by atoms with Crippen molar-refractivity contribution in [2.75, 3.05) is 7.11 Å². The van der Waals surface area contributed by atoms with Crippen LogP contribution in [0.1, 0.15) is 36.1 Å². The molecule has 0 spiro atoms. The van der Waals surface area contributed by atoms with Gasteiger partial charge in [0.2, 0.25) is 0 Å². The third-order valence-electron chi connectivity index (χ3n) is 4.60. The molecule has 1 nitrogen and oxygen atoms in total. The molecule has 2 aliphatic carbocycles. The van der Waals surface area contributed by atoms with Crippen molar-refractivity contribution in [3.8, 4) is 5.75 Å². The van der Waals surface area contributed by atoms with E-state index in [0.717, 1.165) is 23.5 Å². The number of fused-ring (bicyclic) bond motifs is 2. The van der Waals surface area contributed by atoms with E-state index in [2.05, 4.69) is 40.2 Å². The fraction of sp³-hybridized carbons (Fsp3) is 0.600. The molecule has 2 aliphatic rings. The number of rotatable bonds is 3. The molecule has 2 fully saturated rings. The highest BCUT2D eigenvalue weighted by Crippen LogP contribution is 2.54. The van der Waals surface area contributed by atoms with Crippen LogP contribution in [0, 0.1) is 17.8 Å². The molecule has 4 unspecified atom stereocenters. The zero-order valence-corrected chi connectivity index (χ0v) is 11.8. The van der Waals surface area contributed by atoms with Gasteiger partial charge in [0.1, 0.15) is 5.75 Å². The predicted octanol–water partition coefficient (Wildman–Crippen LogP) is 4.57. The van der Waals surface area contributed by atoms with Crippen LogP contribution in [-0.2, 0) is 0 Å². The summed E-state index contributed by atoms with van der Waals surface area (Å²) in [5, 5.41) is 0. The second-order valence-electron chi connectivity index (χ2n) is 5.51. The van der Waals surface area contributed by atoms with E-state index in [0.29, 0.717) is 4.83 Å². The fourth-order valence-electron chi connectivity index (χ4n) is 3.69. The molecule has 0 amide bonds. The van der Waals surface area contributed by atoms with E-state index in [1.54, 1.807) is 7.11 Å². The van der Waals surface area contributed by atoms with Gasteiger partial charge in [0.05, 0.1) is 7.11 Å². The van der Waals surface area contributed by atoms with Crippen molar-refractivity contribution < 1.29 is 4.74 Å². The Morgan fingerprint density at radius 1 is 1.18 bits per heavy atom. The molecule has 2 saturated carbocycles.